The summed E-state index contributed by atoms with van der Waals surface area (Å²) in [6.45, 7) is 0. The number of hydrogen-bond donors (Lipinski definition) is 0. The number of aryl methyl sites for hydroxylation is 1. The van der Waals surface area contributed by atoms with E-state index in [2.05, 4.69) is 21.0 Å². The van der Waals surface area contributed by atoms with Crippen LogP contribution in [-0.2, 0) is 7.05 Å². The third-order valence-electron chi connectivity index (χ3n) is 2.09. The van der Waals surface area contributed by atoms with Gasteiger partial charge in [-0.25, -0.2) is 4.79 Å². The van der Waals surface area contributed by atoms with Crippen molar-refractivity contribution < 1.29 is 9.15 Å². The van der Waals surface area contributed by atoms with Crippen molar-refractivity contribution in [2.75, 3.05) is 7.11 Å². The maximum Gasteiger partial charge on any atom is 0.437 e. The first-order valence-electron chi connectivity index (χ1n) is 4.50. The fourth-order valence-corrected chi connectivity index (χ4v) is 1.80. The van der Waals surface area contributed by atoms with E-state index in [0.29, 0.717) is 11.3 Å². The van der Waals surface area contributed by atoms with Gasteiger partial charge in [-0.15, -0.1) is 5.10 Å². The average molecular weight is 285 g/mol. The Balaban J connectivity index is 2.49. The Bertz CT molecular complexity index is 574. The van der Waals surface area contributed by atoms with Crippen LogP contribution in [0.4, 0.5) is 0 Å². The van der Waals surface area contributed by atoms with Gasteiger partial charge in [-0.05, 0) is 34.1 Å². The van der Waals surface area contributed by atoms with Gasteiger partial charge >= 0.3 is 5.76 Å². The van der Waals surface area contributed by atoms with Crippen LogP contribution in [0.15, 0.2) is 31.9 Å². The average Bonchev–Trinajstić information content (AvgIpc) is 2.59. The fourth-order valence-electron chi connectivity index (χ4n) is 1.26. The van der Waals surface area contributed by atoms with Crippen molar-refractivity contribution in [3.05, 3.63) is 33.2 Å². The third kappa shape index (κ3) is 1.88. The lowest BCUT2D eigenvalue weighted by molar-refractivity contribution is 0.412. The molecule has 0 spiro atoms. The molecule has 0 radical (unpaired) electrons. The van der Waals surface area contributed by atoms with Gasteiger partial charge in [0.05, 0.1) is 11.6 Å². The molecular weight excluding hydrogens is 276 g/mol. The zero-order valence-electron chi connectivity index (χ0n) is 8.73. The van der Waals surface area contributed by atoms with E-state index >= 15 is 0 Å². The normalized spacial score (nSPS) is 10.4. The van der Waals surface area contributed by atoms with Crippen LogP contribution >= 0.6 is 15.9 Å². The molecule has 2 aromatic rings. The number of hydrogen-bond acceptors (Lipinski definition) is 4. The highest BCUT2D eigenvalue weighted by Crippen LogP contribution is 2.29. The third-order valence-corrected chi connectivity index (χ3v) is 2.71. The number of rotatable bonds is 2. The number of ether oxygens (including phenoxy) is 1. The molecule has 0 aliphatic heterocycles. The van der Waals surface area contributed by atoms with Crippen molar-refractivity contribution in [1.82, 2.24) is 9.78 Å². The van der Waals surface area contributed by atoms with E-state index in [0.717, 1.165) is 9.15 Å². The van der Waals surface area contributed by atoms with Gasteiger partial charge in [-0.1, -0.05) is 0 Å². The molecule has 5 nitrogen and oxygen atoms in total. The van der Waals surface area contributed by atoms with Crippen molar-refractivity contribution in [3.63, 3.8) is 0 Å². The second-order valence-corrected chi connectivity index (χ2v) is 4.00. The van der Waals surface area contributed by atoms with Crippen LogP contribution in [0.5, 0.6) is 5.75 Å². The Morgan fingerprint density at radius 3 is 2.75 bits per heavy atom. The molecule has 2 rings (SSSR count). The molecule has 0 amide bonds. The Morgan fingerprint density at radius 1 is 1.50 bits per heavy atom. The number of aromatic nitrogens is 2. The van der Waals surface area contributed by atoms with Crippen LogP contribution in [0.3, 0.4) is 0 Å². The van der Waals surface area contributed by atoms with Crippen LogP contribution in [0, 0.1) is 0 Å². The van der Waals surface area contributed by atoms with E-state index in [1.807, 2.05) is 0 Å². The van der Waals surface area contributed by atoms with E-state index in [4.69, 9.17) is 9.15 Å². The summed E-state index contributed by atoms with van der Waals surface area (Å²) < 4.78 is 12.0. The number of benzene rings is 1. The number of halogens is 1. The summed E-state index contributed by atoms with van der Waals surface area (Å²) in [5.41, 5.74) is 0.713. The smallest absolute Gasteiger partial charge is 0.437 e. The molecule has 84 valence electrons. The van der Waals surface area contributed by atoms with Gasteiger partial charge in [0.25, 0.3) is 0 Å². The zero-order valence-corrected chi connectivity index (χ0v) is 10.3. The SMILES string of the molecule is COc1ccc(-c2nn(C)c(=O)o2)cc1Br. The van der Waals surface area contributed by atoms with Crippen LogP contribution < -0.4 is 10.5 Å². The van der Waals surface area contributed by atoms with Crippen molar-refractivity contribution >= 4 is 15.9 Å². The van der Waals surface area contributed by atoms with Crippen molar-refractivity contribution in [3.8, 4) is 17.2 Å². The molecule has 0 fully saturated rings. The maximum atomic E-state index is 11.1. The number of methoxy groups -OCH3 is 1. The fraction of sp³-hybridized carbons (Fsp3) is 0.200. The van der Waals surface area contributed by atoms with Crippen molar-refractivity contribution in [2.45, 2.75) is 0 Å². The van der Waals surface area contributed by atoms with Gasteiger partial charge < -0.3 is 9.15 Å². The molecule has 16 heavy (non-hydrogen) atoms. The van der Waals surface area contributed by atoms with E-state index in [1.54, 1.807) is 25.3 Å². The van der Waals surface area contributed by atoms with E-state index in [9.17, 15) is 4.79 Å². The van der Waals surface area contributed by atoms with Gasteiger partial charge in [-0.3, -0.25) is 0 Å². The van der Waals surface area contributed by atoms with Crippen LogP contribution in [0.2, 0.25) is 0 Å². The topological polar surface area (TPSA) is 57.3 Å². The molecule has 0 unspecified atom stereocenters. The van der Waals surface area contributed by atoms with Gasteiger partial charge in [0, 0.05) is 12.6 Å². The minimum Gasteiger partial charge on any atom is -0.496 e. The van der Waals surface area contributed by atoms with Crippen LogP contribution in [0.25, 0.3) is 11.5 Å². The summed E-state index contributed by atoms with van der Waals surface area (Å²) >= 11 is 3.35. The van der Waals surface area contributed by atoms with Gasteiger partial charge in [0.2, 0.25) is 5.89 Å². The monoisotopic (exact) mass is 284 g/mol. The lowest BCUT2D eigenvalue weighted by atomic mass is 10.2. The lowest BCUT2D eigenvalue weighted by Crippen LogP contribution is -2.09. The minimum absolute atomic E-state index is 0.288. The Morgan fingerprint density at radius 2 is 2.25 bits per heavy atom. The molecule has 0 atom stereocenters. The predicted molar refractivity (Wildman–Crippen MR) is 61.4 cm³/mol. The number of nitrogens with zero attached hydrogens (tertiary/aromatic N) is 2. The highest BCUT2D eigenvalue weighted by molar-refractivity contribution is 9.10. The Hall–Kier alpha value is -1.56. The van der Waals surface area contributed by atoms with Crippen LogP contribution in [0.1, 0.15) is 0 Å². The molecular formula is C10H9BrN2O3. The first-order valence-corrected chi connectivity index (χ1v) is 5.29. The van der Waals surface area contributed by atoms with Crippen molar-refractivity contribution in [1.29, 1.82) is 0 Å². The van der Waals surface area contributed by atoms with E-state index < -0.39 is 5.76 Å². The summed E-state index contributed by atoms with van der Waals surface area (Å²) in [4.78, 5) is 11.1. The molecule has 1 aromatic heterocycles. The highest BCUT2D eigenvalue weighted by Gasteiger charge is 2.09. The molecule has 0 aliphatic carbocycles. The molecule has 1 heterocycles. The Labute approximate surface area is 99.8 Å². The summed E-state index contributed by atoms with van der Waals surface area (Å²) in [6, 6.07) is 5.33. The molecule has 6 heteroatoms. The van der Waals surface area contributed by atoms with Crippen molar-refractivity contribution in [2.24, 2.45) is 7.05 Å². The molecule has 0 bridgehead atoms. The second kappa shape index (κ2) is 4.13. The molecule has 1 aromatic carbocycles. The molecule has 0 saturated carbocycles. The molecule has 0 N–H and O–H groups in total. The second-order valence-electron chi connectivity index (χ2n) is 3.15. The maximum absolute atomic E-state index is 11.1. The summed E-state index contributed by atoms with van der Waals surface area (Å²) in [7, 11) is 3.12. The summed E-state index contributed by atoms with van der Waals surface area (Å²) in [5.74, 6) is 0.514. The highest BCUT2D eigenvalue weighted by atomic mass is 79.9. The quantitative estimate of drug-likeness (QED) is 0.844. The largest absolute Gasteiger partial charge is 0.496 e. The van der Waals surface area contributed by atoms with E-state index in [1.165, 1.54) is 7.05 Å². The first-order chi connectivity index (χ1) is 7.61. The van der Waals surface area contributed by atoms with Gasteiger partial charge in [0.15, 0.2) is 0 Å². The standard InChI is InChI=1S/C10H9BrN2O3/c1-13-10(14)16-9(12-13)6-3-4-8(15-2)7(11)5-6/h3-5H,1-2H3. The first kappa shape index (κ1) is 10.9. The summed E-state index contributed by atoms with van der Waals surface area (Å²) in [6.07, 6.45) is 0. The summed E-state index contributed by atoms with van der Waals surface area (Å²) in [5, 5.41) is 3.95. The molecule has 0 aliphatic rings. The van der Waals surface area contributed by atoms with Gasteiger partial charge in [0.1, 0.15) is 5.75 Å². The Kier molecular flexibility index (Phi) is 2.82. The lowest BCUT2D eigenvalue weighted by Gasteiger charge is -2.03. The van der Waals surface area contributed by atoms with Gasteiger partial charge in [-0.2, -0.15) is 4.68 Å². The molecule has 0 saturated heterocycles. The predicted octanol–water partition coefficient (Wildman–Crippen LogP) is 1.81. The van der Waals surface area contributed by atoms with E-state index in [-0.39, 0.29) is 5.89 Å². The minimum atomic E-state index is -0.484. The van der Waals surface area contributed by atoms with Crippen LogP contribution in [-0.4, -0.2) is 16.9 Å². The zero-order chi connectivity index (χ0) is 11.7.